The molecule has 0 radical (unpaired) electrons. The van der Waals surface area contributed by atoms with Crippen LogP contribution < -0.4 is 5.32 Å². The fourth-order valence-corrected chi connectivity index (χ4v) is 2.02. The van der Waals surface area contributed by atoms with Crippen LogP contribution in [-0.2, 0) is 6.54 Å². The highest BCUT2D eigenvalue weighted by atomic mass is 19.1. The van der Waals surface area contributed by atoms with Crippen molar-refractivity contribution in [2.45, 2.75) is 6.54 Å². The lowest BCUT2D eigenvalue weighted by molar-refractivity contribution is 0.0950. The summed E-state index contributed by atoms with van der Waals surface area (Å²) in [5, 5.41) is 10.1. The highest BCUT2D eigenvalue weighted by Gasteiger charge is 2.09. The number of amides is 1. The van der Waals surface area contributed by atoms with Crippen LogP contribution in [-0.4, -0.2) is 16.1 Å². The Labute approximate surface area is 118 Å². The molecule has 4 nitrogen and oxygen atoms in total. The van der Waals surface area contributed by atoms with Gasteiger partial charge >= 0.3 is 0 Å². The first kappa shape index (κ1) is 13.2. The molecule has 0 spiro atoms. The second-order valence-electron chi connectivity index (χ2n) is 4.59. The van der Waals surface area contributed by atoms with Gasteiger partial charge in [-0.05, 0) is 18.2 Å². The van der Waals surface area contributed by atoms with Gasteiger partial charge < -0.3 is 5.32 Å². The van der Waals surface area contributed by atoms with Gasteiger partial charge in [-0.25, -0.2) is 8.78 Å². The third kappa shape index (κ3) is 2.74. The van der Waals surface area contributed by atoms with Crippen molar-refractivity contribution < 1.29 is 13.6 Å². The summed E-state index contributed by atoms with van der Waals surface area (Å²) in [4.78, 5) is 12.0. The van der Waals surface area contributed by atoms with Crippen LogP contribution in [0.2, 0.25) is 0 Å². The summed E-state index contributed by atoms with van der Waals surface area (Å²) < 4.78 is 26.3. The highest BCUT2D eigenvalue weighted by molar-refractivity contribution is 5.97. The molecule has 0 aliphatic rings. The molecular weight excluding hydrogens is 276 g/mol. The molecule has 0 saturated carbocycles. The lowest BCUT2D eigenvalue weighted by Crippen LogP contribution is -2.23. The second-order valence-corrected chi connectivity index (χ2v) is 4.59. The molecular formula is C15H11F2N3O. The number of carbonyl (C=O) groups excluding carboxylic acids is 1. The average molecular weight is 287 g/mol. The van der Waals surface area contributed by atoms with Gasteiger partial charge in [-0.2, -0.15) is 5.10 Å². The fraction of sp³-hybridized carbons (Fsp3) is 0.0667. The average Bonchev–Trinajstić information content (AvgIpc) is 2.93. The van der Waals surface area contributed by atoms with Crippen molar-refractivity contribution in [3.63, 3.8) is 0 Å². The minimum absolute atomic E-state index is 0.00798. The van der Waals surface area contributed by atoms with Gasteiger partial charge in [0.1, 0.15) is 11.6 Å². The van der Waals surface area contributed by atoms with Gasteiger partial charge in [0, 0.05) is 29.1 Å². The Kier molecular flexibility index (Phi) is 3.35. The molecule has 0 aliphatic carbocycles. The number of fused-ring (bicyclic) bond motifs is 1. The molecule has 2 N–H and O–H groups in total. The lowest BCUT2D eigenvalue weighted by Gasteiger charge is -2.06. The number of hydrogen-bond donors (Lipinski definition) is 2. The van der Waals surface area contributed by atoms with Gasteiger partial charge in [0.25, 0.3) is 5.91 Å². The van der Waals surface area contributed by atoms with Gasteiger partial charge in [0.2, 0.25) is 0 Å². The van der Waals surface area contributed by atoms with Crippen LogP contribution >= 0.6 is 0 Å². The van der Waals surface area contributed by atoms with E-state index < -0.39 is 11.6 Å². The first-order chi connectivity index (χ1) is 10.1. The van der Waals surface area contributed by atoms with Crippen molar-refractivity contribution >= 4 is 16.8 Å². The molecule has 0 saturated heterocycles. The van der Waals surface area contributed by atoms with E-state index in [1.165, 1.54) is 6.07 Å². The van der Waals surface area contributed by atoms with Gasteiger partial charge in [-0.15, -0.1) is 0 Å². The minimum atomic E-state index is -0.681. The van der Waals surface area contributed by atoms with Gasteiger partial charge in [0.15, 0.2) is 0 Å². The number of H-pyrrole nitrogens is 1. The molecule has 0 bridgehead atoms. The van der Waals surface area contributed by atoms with Crippen molar-refractivity contribution in [3.8, 4) is 0 Å². The molecule has 1 amide bonds. The maximum Gasteiger partial charge on any atom is 0.251 e. The first-order valence-corrected chi connectivity index (χ1v) is 6.29. The Morgan fingerprint density at radius 1 is 1.19 bits per heavy atom. The number of benzene rings is 2. The van der Waals surface area contributed by atoms with Crippen molar-refractivity contribution in [2.24, 2.45) is 0 Å². The topological polar surface area (TPSA) is 57.8 Å². The minimum Gasteiger partial charge on any atom is -0.348 e. The third-order valence-corrected chi connectivity index (χ3v) is 3.16. The molecule has 1 aromatic heterocycles. The quantitative estimate of drug-likeness (QED) is 0.778. The molecule has 0 atom stereocenters. The van der Waals surface area contributed by atoms with E-state index in [0.29, 0.717) is 5.56 Å². The number of aromatic amines is 1. The fourth-order valence-electron chi connectivity index (χ4n) is 2.02. The van der Waals surface area contributed by atoms with Crippen molar-refractivity contribution in [3.05, 3.63) is 65.4 Å². The lowest BCUT2D eigenvalue weighted by atomic mass is 10.1. The summed E-state index contributed by atoms with van der Waals surface area (Å²) in [5.41, 5.74) is 1.41. The molecule has 0 unspecified atom stereocenters. The molecule has 0 aliphatic heterocycles. The van der Waals surface area contributed by atoms with Crippen LogP contribution in [0.3, 0.4) is 0 Å². The Balaban J connectivity index is 1.73. The first-order valence-electron chi connectivity index (χ1n) is 6.29. The predicted octanol–water partition coefficient (Wildman–Crippen LogP) is 2.77. The van der Waals surface area contributed by atoms with Crippen LogP contribution in [0.4, 0.5) is 8.78 Å². The maximum absolute atomic E-state index is 13.5. The Bertz CT molecular complexity index is 814. The molecule has 6 heteroatoms. The summed E-state index contributed by atoms with van der Waals surface area (Å²) in [6.45, 7) is -0.00798. The van der Waals surface area contributed by atoms with E-state index >= 15 is 0 Å². The second kappa shape index (κ2) is 5.32. The molecule has 3 aromatic rings. The van der Waals surface area contributed by atoms with Crippen LogP contribution in [0.5, 0.6) is 0 Å². The summed E-state index contributed by atoms with van der Waals surface area (Å²) in [5.74, 6) is -1.66. The number of halogens is 2. The van der Waals surface area contributed by atoms with Crippen LogP contribution in [0.1, 0.15) is 15.9 Å². The van der Waals surface area contributed by atoms with Crippen molar-refractivity contribution in [1.82, 2.24) is 15.5 Å². The molecule has 0 fully saturated rings. The van der Waals surface area contributed by atoms with E-state index in [1.807, 2.05) is 0 Å². The van der Waals surface area contributed by atoms with Gasteiger partial charge in [-0.3, -0.25) is 9.89 Å². The smallest absolute Gasteiger partial charge is 0.251 e. The standard InChI is InChI=1S/C15H11F2N3O/c16-12-4-3-10(13(17)6-12)7-18-15(21)9-1-2-11-8-19-20-14(11)5-9/h1-6,8H,7H2,(H,18,21)(H,19,20). The van der Waals surface area contributed by atoms with Crippen LogP contribution in [0, 0.1) is 11.6 Å². The molecule has 106 valence electrons. The van der Waals surface area contributed by atoms with Gasteiger partial charge in [0.05, 0.1) is 11.7 Å². The largest absolute Gasteiger partial charge is 0.348 e. The monoisotopic (exact) mass is 287 g/mol. The van der Waals surface area contributed by atoms with Crippen molar-refractivity contribution in [1.29, 1.82) is 0 Å². The Morgan fingerprint density at radius 2 is 2.05 bits per heavy atom. The highest BCUT2D eigenvalue weighted by Crippen LogP contribution is 2.13. The summed E-state index contributed by atoms with van der Waals surface area (Å²) in [7, 11) is 0. The number of carbonyl (C=O) groups is 1. The number of aromatic nitrogens is 2. The SMILES string of the molecule is O=C(NCc1ccc(F)cc1F)c1ccc2cn[nH]c2c1. The van der Waals surface area contributed by atoms with E-state index in [0.717, 1.165) is 23.0 Å². The zero-order valence-electron chi connectivity index (χ0n) is 10.9. The number of hydrogen-bond acceptors (Lipinski definition) is 2. The zero-order chi connectivity index (χ0) is 14.8. The number of nitrogens with zero attached hydrogens (tertiary/aromatic N) is 1. The third-order valence-electron chi connectivity index (χ3n) is 3.16. The summed E-state index contributed by atoms with van der Waals surface area (Å²) in [6, 6.07) is 8.35. The number of nitrogens with one attached hydrogen (secondary N) is 2. The Hall–Kier alpha value is -2.76. The normalized spacial score (nSPS) is 10.8. The molecule has 1 heterocycles. The van der Waals surface area contributed by atoms with Crippen LogP contribution in [0.15, 0.2) is 42.6 Å². The van der Waals surface area contributed by atoms with E-state index in [4.69, 9.17) is 0 Å². The number of rotatable bonds is 3. The molecule has 2 aromatic carbocycles. The zero-order valence-corrected chi connectivity index (χ0v) is 10.9. The van der Waals surface area contributed by atoms with Gasteiger partial charge in [-0.1, -0.05) is 12.1 Å². The Morgan fingerprint density at radius 3 is 2.86 bits per heavy atom. The van der Waals surface area contributed by atoms with Crippen molar-refractivity contribution in [2.75, 3.05) is 0 Å². The summed E-state index contributed by atoms with van der Waals surface area (Å²) >= 11 is 0. The van der Waals surface area contributed by atoms with E-state index in [2.05, 4.69) is 15.5 Å². The summed E-state index contributed by atoms with van der Waals surface area (Å²) in [6.07, 6.45) is 1.66. The van der Waals surface area contributed by atoms with E-state index in [9.17, 15) is 13.6 Å². The predicted molar refractivity (Wildman–Crippen MR) is 73.6 cm³/mol. The maximum atomic E-state index is 13.5. The van der Waals surface area contributed by atoms with E-state index in [-0.39, 0.29) is 18.0 Å². The molecule has 21 heavy (non-hydrogen) atoms. The van der Waals surface area contributed by atoms with Crippen LogP contribution in [0.25, 0.3) is 10.9 Å². The van der Waals surface area contributed by atoms with E-state index in [1.54, 1.807) is 24.4 Å². The molecule has 3 rings (SSSR count).